The third-order valence-corrected chi connectivity index (χ3v) is 5.70. The maximum Gasteiger partial charge on any atom is 0.191 e. The molecule has 2 fully saturated rings. The standard InChI is InChI=1S/C21H35FN6/c1-4-23-21(25-13-17-7-6-11-27(14-17)16(2)3)26-18-9-12-28(15-18)20-19(22)8-5-10-24-20/h5,8,10,16-18H,4,6-7,9,11-15H2,1-3H3,(H2,23,25,26). The summed E-state index contributed by atoms with van der Waals surface area (Å²) >= 11 is 0. The number of halogens is 1. The lowest BCUT2D eigenvalue weighted by atomic mass is 9.97. The first-order chi connectivity index (χ1) is 13.6. The molecule has 28 heavy (non-hydrogen) atoms. The summed E-state index contributed by atoms with van der Waals surface area (Å²) in [6.07, 6.45) is 5.11. The number of hydrogen-bond acceptors (Lipinski definition) is 4. The Bertz CT molecular complexity index is 650. The zero-order valence-electron chi connectivity index (χ0n) is 17.5. The monoisotopic (exact) mass is 390 g/mol. The van der Waals surface area contributed by atoms with Gasteiger partial charge in [-0.25, -0.2) is 9.37 Å². The maximum atomic E-state index is 14.0. The van der Waals surface area contributed by atoms with Crippen molar-refractivity contribution in [3.8, 4) is 0 Å². The molecule has 0 spiro atoms. The molecule has 0 radical (unpaired) electrons. The van der Waals surface area contributed by atoms with E-state index in [1.807, 2.05) is 4.90 Å². The Hall–Kier alpha value is -1.89. The van der Waals surface area contributed by atoms with Gasteiger partial charge in [0.1, 0.15) is 0 Å². The average Bonchev–Trinajstić information content (AvgIpc) is 3.15. The normalized spacial score (nSPS) is 24.0. The van der Waals surface area contributed by atoms with Crippen LogP contribution in [-0.2, 0) is 0 Å². The van der Waals surface area contributed by atoms with Crippen molar-refractivity contribution in [2.24, 2.45) is 10.9 Å². The Kier molecular flexibility index (Phi) is 7.48. The summed E-state index contributed by atoms with van der Waals surface area (Å²) < 4.78 is 14.0. The third kappa shape index (κ3) is 5.56. The first kappa shape index (κ1) is 20.8. The fourth-order valence-corrected chi connectivity index (χ4v) is 4.13. The molecule has 0 aliphatic carbocycles. The molecule has 2 atom stereocenters. The van der Waals surface area contributed by atoms with Crippen molar-refractivity contribution in [3.63, 3.8) is 0 Å². The van der Waals surface area contributed by atoms with E-state index in [1.54, 1.807) is 12.3 Å². The molecule has 6 nitrogen and oxygen atoms in total. The van der Waals surface area contributed by atoms with Crippen molar-refractivity contribution < 1.29 is 4.39 Å². The van der Waals surface area contributed by atoms with E-state index in [0.29, 0.717) is 17.8 Å². The van der Waals surface area contributed by atoms with E-state index < -0.39 is 0 Å². The Morgan fingerprint density at radius 2 is 2.18 bits per heavy atom. The van der Waals surface area contributed by atoms with E-state index in [4.69, 9.17) is 4.99 Å². The minimum absolute atomic E-state index is 0.248. The number of aromatic nitrogens is 1. The fraction of sp³-hybridized carbons (Fsp3) is 0.714. The van der Waals surface area contributed by atoms with Crippen LogP contribution in [-0.4, -0.2) is 67.2 Å². The molecule has 2 aliphatic heterocycles. The van der Waals surface area contributed by atoms with Gasteiger partial charge in [0.2, 0.25) is 0 Å². The van der Waals surface area contributed by atoms with Crippen LogP contribution in [0.15, 0.2) is 23.3 Å². The summed E-state index contributed by atoms with van der Waals surface area (Å²) in [4.78, 5) is 13.6. The number of likely N-dealkylation sites (tertiary alicyclic amines) is 1. The molecule has 1 aromatic rings. The van der Waals surface area contributed by atoms with Gasteiger partial charge in [-0.2, -0.15) is 0 Å². The Balaban J connectivity index is 1.54. The average molecular weight is 391 g/mol. The number of nitrogens with zero attached hydrogens (tertiary/aromatic N) is 4. The fourth-order valence-electron chi connectivity index (χ4n) is 4.13. The topological polar surface area (TPSA) is 55.8 Å². The van der Waals surface area contributed by atoms with Gasteiger partial charge < -0.3 is 20.4 Å². The largest absolute Gasteiger partial charge is 0.357 e. The minimum atomic E-state index is -0.254. The number of rotatable bonds is 6. The molecule has 2 saturated heterocycles. The number of nitrogens with one attached hydrogen (secondary N) is 2. The van der Waals surface area contributed by atoms with Crippen LogP contribution in [0, 0.1) is 11.7 Å². The van der Waals surface area contributed by atoms with Crippen molar-refractivity contribution in [2.45, 2.75) is 52.1 Å². The molecular formula is C21H35FN6. The lowest BCUT2D eigenvalue weighted by Gasteiger charge is -2.35. The number of anilines is 1. The van der Waals surface area contributed by atoms with E-state index in [2.05, 4.69) is 41.3 Å². The molecule has 3 heterocycles. The first-order valence-electron chi connectivity index (χ1n) is 10.7. The molecule has 2 N–H and O–H groups in total. The van der Waals surface area contributed by atoms with Crippen LogP contribution in [0.5, 0.6) is 0 Å². The number of hydrogen-bond donors (Lipinski definition) is 2. The molecule has 0 aromatic carbocycles. The van der Waals surface area contributed by atoms with Crippen LogP contribution < -0.4 is 15.5 Å². The second kappa shape index (κ2) is 10.0. The van der Waals surface area contributed by atoms with Gasteiger partial charge in [0.15, 0.2) is 17.6 Å². The number of piperidine rings is 1. The predicted octanol–water partition coefficient (Wildman–Crippen LogP) is 2.47. The number of aliphatic imine (C=N–C) groups is 1. The van der Waals surface area contributed by atoms with Crippen molar-refractivity contribution in [2.75, 3.05) is 44.2 Å². The highest BCUT2D eigenvalue weighted by Gasteiger charge is 2.26. The Morgan fingerprint density at radius 3 is 2.93 bits per heavy atom. The van der Waals surface area contributed by atoms with Crippen LogP contribution in [0.2, 0.25) is 0 Å². The lowest BCUT2D eigenvalue weighted by molar-refractivity contribution is 0.143. The summed E-state index contributed by atoms with van der Waals surface area (Å²) in [5.41, 5.74) is 0. The van der Waals surface area contributed by atoms with Crippen molar-refractivity contribution >= 4 is 11.8 Å². The van der Waals surface area contributed by atoms with Gasteiger partial charge in [-0.05, 0) is 64.6 Å². The van der Waals surface area contributed by atoms with E-state index in [0.717, 1.165) is 45.1 Å². The Morgan fingerprint density at radius 1 is 1.32 bits per heavy atom. The highest BCUT2D eigenvalue weighted by Crippen LogP contribution is 2.21. The zero-order chi connectivity index (χ0) is 19.9. The maximum absolute atomic E-state index is 14.0. The molecule has 2 aliphatic rings. The van der Waals surface area contributed by atoms with Gasteiger partial charge in [0.05, 0.1) is 0 Å². The van der Waals surface area contributed by atoms with E-state index >= 15 is 0 Å². The molecule has 2 unspecified atom stereocenters. The smallest absolute Gasteiger partial charge is 0.191 e. The van der Waals surface area contributed by atoms with Gasteiger partial charge in [0, 0.05) is 51.0 Å². The third-order valence-electron chi connectivity index (χ3n) is 5.70. The quantitative estimate of drug-likeness (QED) is 0.577. The number of guanidine groups is 1. The van der Waals surface area contributed by atoms with E-state index in [9.17, 15) is 4.39 Å². The second-order valence-corrected chi connectivity index (χ2v) is 8.20. The molecular weight excluding hydrogens is 355 g/mol. The summed E-state index contributed by atoms with van der Waals surface area (Å²) in [6, 6.07) is 3.96. The van der Waals surface area contributed by atoms with Gasteiger partial charge >= 0.3 is 0 Å². The van der Waals surface area contributed by atoms with Crippen LogP contribution in [0.4, 0.5) is 10.2 Å². The highest BCUT2D eigenvalue weighted by atomic mass is 19.1. The van der Waals surface area contributed by atoms with Crippen LogP contribution >= 0.6 is 0 Å². The van der Waals surface area contributed by atoms with Crippen LogP contribution in [0.1, 0.15) is 40.0 Å². The number of pyridine rings is 1. The summed E-state index contributed by atoms with van der Waals surface area (Å²) in [6.45, 7) is 12.2. The van der Waals surface area contributed by atoms with Gasteiger partial charge in [-0.1, -0.05) is 0 Å². The van der Waals surface area contributed by atoms with Crippen molar-refractivity contribution in [1.29, 1.82) is 0 Å². The van der Waals surface area contributed by atoms with Crippen LogP contribution in [0.25, 0.3) is 0 Å². The first-order valence-corrected chi connectivity index (χ1v) is 10.7. The van der Waals surface area contributed by atoms with Gasteiger partial charge in [-0.3, -0.25) is 4.99 Å². The minimum Gasteiger partial charge on any atom is -0.357 e. The highest BCUT2D eigenvalue weighted by molar-refractivity contribution is 5.80. The van der Waals surface area contributed by atoms with Crippen molar-refractivity contribution in [3.05, 3.63) is 24.1 Å². The van der Waals surface area contributed by atoms with E-state index in [1.165, 1.54) is 25.5 Å². The van der Waals surface area contributed by atoms with Gasteiger partial charge in [-0.15, -0.1) is 0 Å². The van der Waals surface area contributed by atoms with Crippen LogP contribution in [0.3, 0.4) is 0 Å². The van der Waals surface area contributed by atoms with Gasteiger partial charge in [0.25, 0.3) is 0 Å². The van der Waals surface area contributed by atoms with Crippen molar-refractivity contribution in [1.82, 2.24) is 20.5 Å². The summed E-state index contributed by atoms with van der Waals surface area (Å²) in [7, 11) is 0. The summed E-state index contributed by atoms with van der Waals surface area (Å²) in [5.74, 6) is 1.69. The van der Waals surface area contributed by atoms with E-state index in [-0.39, 0.29) is 11.9 Å². The zero-order valence-corrected chi connectivity index (χ0v) is 17.5. The lowest BCUT2D eigenvalue weighted by Crippen LogP contribution is -2.45. The molecule has 7 heteroatoms. The molecule has 156 valence electrons. The summed E-state index contributed by atoms with van der Waals surface area (Å²) in [5, 5.41) is 6.91. The molecule has 0 amide bonds. The molecule has 0 bridgehead atoms. The second-order valence-electron chi connectivity index (χ2n) is 8.20. The molecule has 1 aromatic heterocycles. The SMILES string of the molecule is CCNC(=NCC1CCCN(C(C)C)C1)NC1CCN(c2ncccc2F)C1. The molecule has 3 rings (SSSR count). The molecule has 0 saturated carbocycles. The Labute approximate surface area is 168 Å². The predicted molar refractivity (Wildman–Crippen MR) is 113 cm³/mol.